The lowest BCUT2D eigenvalue weighted by atomic mass is 10.0. The maximum absolute atomic E-state index is 12.4. The van der Waals surface area contributed by atoms with E-state index in [2.05, 4.69) is 21.2 Å². The van der Waals surface area contributed by atoms with Gasteiger partial charge in [-0.15, -0.1) is 0 Å². The van der Waals surface area contributed by atoms with E-state index < -0.39 is 0 Å². The van der Waals surface area contributed by atoms with Gasteiger partial charge in [0.25, 0.3) is 5.91 Å². The third-order valence-corrected chi connectivity index (χ3v) is 5.43. The van der Waals surface area contributed by atoms with Gasteiger partial charge in [0.1, 0.15) is 0 Å². The van der Waals surface area contributed by atoms with Crippen LogP contribution >= 0.6 is 15.9 Å². The highest BCUT2D eigenvalue weighted by Gasteiger charge is 2.23. The number of hydrogen-bond donors (Lipinski definition) is 1. The van der Waals surface area contributed by atoms with E-state index in [-0.39, 0.29) is 17.9 Å². The van der Waals surface area contributed by atoms with Crippen LogP contribution in [-0.4, -0.2) is 35.8 Å². The second-order valence-electron chi connectivity index (χ2n) is 6.80. The number of carbonyl (C=O) groups is 2. The molecule has 27 heavy (non-hydrogen) atoms. The van der Waals surface area contributed by atoms with Gasteiger partial charge in [-0.2, -0.15) is 0 Å². The summed E-state index contributed by atoms with van der Waals surface area (Å²) in [5.74, 6) is -0.0418. The normalized spacial score (nSPS) is 15.1. The molecule has 0 spiro atoms. The monoisotopic (exact) mass is 426 g/mol. The molecule has 4 nitrogen and oxygen atoms in total. The van der Waals surface area contributed by atoms with Crippen molar-refractivity contribution in [3.63, 3.8) is 0 Å². The van der Waals surface area contributed by atoms with E-state index in [0.717, 1.165) is 22.9 Å². The van der Waals surface area contributed by atoms with Gasteiger partial charge in [-0.05, 0) is 55.2 Å². The van der Waals surface area contributed by atoms with E-state index in [0.29, 0.717) is 18.7 Å². The molecule has 0 aliphatic carbocycles. The molecule has 1 aliphatic rings. The van der Waals surface area contributed by atoms with Gasteiger partial charge in [0.2, 0.25) is 5.91 Å². The van der Waals surface area contributed by atoms with Crippen molar-refractivity contribution in [1.82, 2.24) is 10.2 Å². The van der Waals surface area contributed by atoms with Crippen molar-refractivity contribution in [1.29, 1.82) is 0 Å². The topological polar surface area (TPSA) is 49.4 Å². The summed E-state index contributed by atoms with van der Waals surface area (Å²) in [5, 5.41) is 3.06. The molecule has 0 aromatic heterocycles. The van der Waals surface area contributed by atoms with E-state index in [1.807, 2.05) is 66.4 Å². The molecule has 1 aliphatic heterocycles. The summed E-state index contributed by atoms with van der Waals surface area (Å²) < 4.78 is 0.980. The van der Waals surface area contributed by atoms with E-state index in [1.54, 1.807) is 6.08 Å². The van der Waals surface area contributed by atoms with Crippen molar-refractivity contribution in [2.45, 2.75) is 25.8 Å². The Balaban J connectivity index is 1.50. The molecule has 0 bridgehead atoms. The maximum atomic E-state index is 12.4. The fourth-order valence-corrected chi connectivity index (χ4v) is 3.76. The summed E-state index contributed by atoms with van der Waals surface area (Å²) in [6, 6.07) is 15.4. The zero-order chi connectivity index (χ0) is 19.2. The third kappa shape index (κ3) is 5.30. The van der Waals surface area contributed by atoms with Crippen molar-refractivity contribution >= 4 is 33.8 Å². The lowest BCUT2D eigenvalue weighted by Crippen LogP contribution is -2.46. The lowest BCUT2D eigenvalue weighted by Gasteiger charge is -2.31. The fraction of sp³-hybridized carbons (Fsp3) is 0.273. The summed E-state index contributed by atoms with van der Waals surface area (Å²) in [5.41, 5.74) is 2.83. The van der Waals surface area contributed by atoms with Gasteiger partial charge < -0.3 is 10.2 Å². The van der Waals surface area contributed by atoms with Crippen LogP contribution in [0.2, 0.25) is 0 Å². The van der Waals surface area contributed by atoms with Crippen LogP contribution in [0.25, 0.3) is 6.08 Å². The molecule has 2 aromatic rings. The molecule has 1 fully saturated rings. The smallest absolute Gasteiger partial charge is 0.251 e. The second kappa shape index (κ2) is 9.00. The number of aryl methyl sites for hydroxylation is 1. The van der Waals surface area contributed by atoms with Crippen molar-refractivity contribution in [3.8, 4) is 0 Å². The molecule has 1 saturated heterocycles. The molecule has 2 aromatic carbocycles. The number of amides is 2. The molecule has 3 rings (SSSR count). The molecule has 2 amide bonds. The number of piperidine rings is 1. The number of benzene rings is 2. The van der Waals surface area contributed by atoms with Crippen molar-refractivity contribution in [2.75, 3.05) is 13.1 Å². The third-order valence-electron chi connectivity index (χ3n) is 4.74. The average molecular weight is 427 g/mol. The summed E-state index contributed by atoms with van der Waals surface area (Å²) in [7, 11) is 0. The van der Waals surface area contributed by atoms with Gasteiger partial charge in [-0.1, -0.05) is 46.3 Å². The van der Waals surface area contributed by atoms with Gasteiger partial charge >= 0.3 is 0 Å². The zero-order valence-electron chi connectivity index (χ0n) is 15.3. The number of nitrogens with zero attached hydrogens (tertiary/aromatic N) is 1. The maximum Gasteiger partial charge on any atom is 0.251 e. The molecule has 0 radical (unpaired) electrons. The summed E-state index contributed by atoms with van der Waals surface area (Å²) >= 11 is 3.53. The highest BCUT2D eigenvalue weighted by molar-refractivity contribution is 9.10. The summed E-state index contributed by atoms with van der Waals surface area (Å²) in [6.07, 6.45) is 5.01. The van der Waals surface area contributed by atoms with E-state index >= 15 is 0 Å². The van der Waals surface area contributed by atoms with Gasteiger partial charge in [0.05, 0.1) is 0 Å². The molecule has 1 N–H and O–H groups in total. The van der Waals surface area contributed by atoms with Gasteiger partial charge in [-0.25, -0.2) is 0 Å². The highest BCUT2D eigenvalue weighted by Crippen LogP contribution is 2.20. The minimum Gasteiger partial charge on any atom is -0.349 e. The predicted molar refractivity (Wildman–Crippen MR) is 111 cm³/mol. The SMILES string of the molecule is Cc1ccc(C=CC(=O)N2CCC(NC(=O)c3ccccc3)CC2)c(Br)c1. The Labute approximate surface area is 168 Å². The van der Waals surface area contributed by atoms with E-state index in [1.165, 1.54) is 5.56 Å². The number of nitrogens with one attached hydrogen (secondary N) is 1. The largest absolute Gasteiger partial charge is 0.349 e. The van der Waals surface area contributed by atoms with Crippen LogP contribution in [0.3, 0.4) is 0 Å². The van der Waals surface area contributed by atoms with Crippen LogP contribution in [0, 0.1) is 6.92 Å². The van der Waals surface area contributed by atoms with Crippen LogP contribution in [-0.2, 0) is 4.79 Å². The van der Waals surface area contributed by atoms with Crippen LogP contribution in [0.4, 0.5) is 0 Å². The van der Waals surface area contributed by atoms with Crippen molar-refractivity contribution in [2.24, 2.45) is 0 Å². The average Bonchev–Trinajstić information content (AvgIpc) is 2.68. The Bertz CT molecular complexity index is 841. The Morgan fingerprint density at radius 1 is 1.11 bits per heavy atom. The zero-order valence-corrected chi connectivity index (χ0v) is 16.9. The molecule has 1 heterocycles. The van der Waals surface area contributed by atoms with Crippen LogP contribution in [0.5, 0.6) is 0 Å². The fourth-order valence-electron chi connectivity index (χ4n) is 3.14. The molecule has 5 heteroatoms. The first-order valence-electron chi connectivity index (χ1n) is 9.12. The van der Waals surface area contributed by atoms with Gasteiger partial charge in [0, 0.05) is 35.2 Å². The number of halogens is 1. The first-order chi connectivity index (χ1) is 13.0. The quantitative estimate of drug-likeness (QED) is 0.744. The van der Waals surface area contributed by atoms with Gasteiger partial charge in [0.15, 0.2) is 0 Å². The molecular formula is C22H23BrN2O2. The van der Waals surface area contributed by atoms with E-state index in [9.17, 15) is 9.59 Å². The molecule has 140 valence electrons. The first kappa shape index (κ1) is 19.4. The minimum atomic E-state index is -0.0514. The Morgan fingerprint density at radius 2 is 1.81 bits per heavy atom. The standard InChI is InChI=1S/C22H23BrN2O2/c1-16-7-8-17(20(23)15-16)9-10-21(26)25-13-11-19(12-14-25)24-22(27)18-5-3-2-4-6-18/h2-10,15,19H,11-14H2,1H3,(H,24,27). The van der Waals surface area contributed by atoms with E-state index in [4.69, 9.17) is 0 Å². The summed E-state index contributed by atoms with van der Waals surface area (Å²) in [4.78, 5) is 26.5. The predicted octanol–water partition coefficient (Wildman–Crippen LogP) is 4.19. The number of carbonyl (C=O) groups excluding carboxylic acids is 2. The van der Waals surface area contributed by atoms with Gasteiger partial charge in [-0.3, -0.25) is 9.59 Å². The minimum absolute atomic E-state index is 0.00955. The lowest BCUT2D eigenvalue weighted by molar-refractivity contribution is -0.126. The van der Waals surface area contributed by atoms with Crippen LogP contribution in [0.15, 0.2) is 59.1 Å². The Morgan fingerprint density at radius 3 is 2.48 bits per heavy atom. The summed E-state index contributed by atoms with van der Waals surface area (Å²) in [6.45, 7) is 3.33. The van der Waals surface area contributed by atoms with Crippen LogP contribution < -0.4 is 5.32 Å². The highest BCUT2D eigenvalue weighted by atomic mass is 79.9. The van der Waals surface area contributed by atoms with Crippen molar-refractivity contribution < 1.29 is 9.59 Å². The van der Waals surface area contributed by atoms with Crippen molar-refractivity contribution in [3.05, 3.63) is 75.8 Å². The molecule has 0 atom stereocenters. The first-order valence-corrected chi connectivity index (χ1v) is 9.91. The van der Waals surface area contributed by atoms with Crippen LogP contribution in [0.1, 0.15) is 34.3 Å². The molecule has 0 saturated carbocycles. The number of hydrogen-bond acceptors (Lipinski definition) is 2. The number of rotatable bonds is 4. The Hall–Kier alpha value is -2.40. The second-order valence-corrected chi connectivity index (χ2v) is 7.65. The number of likely N-dealkylation sites (tertiary alicyclic amines) is 1. The Kier molecular flexibility index (Phi) is 6.45. The molecule has 0 unspecified atom stereocenters. The molecular weight excluding hydrogens is 404 g/mol.